The number of methoxy groups -OCH3 is 1. The Labute approximate surface area is 129 Å². The molecule has 0 heterocycles. The summed E-state index contributed by atoms with van der Waals surface area (Å²) in [7, 11) is -2.21. The van der Waals surface area contributed by atoms with Gasteiger partial charge in [0, 0.05) is 19.2 Å². The molecule has 1 aromatic rings. The smallest absolute Gasteiger partial charge is 0.242 e. The van der Waals surface area contributed by atoms with E-state index in [0.29, 0.717) is 5.56 Å². The van der Waals surface area contributed by atoms with Crippen LogP contribution in [0.4, 0.5) is 0 Å². The maximum absolute atomic E-state index is 12.2. The van der Waals surface area contributed by atoms with Crippen molar-refractivity contribution < 1.29 is 13.2 Å². The highest BCUT2D eigenvalue weighted by Gasteiger charge is 2.23. The summed E-state index contributed by atoms with van der Waals surface area (Å²) in [6.07, 6.45) is 0. The van der Waals surface area contributed by atoms with E-state index < -0.39 is 15.6 Å². The standard InChI is InChI=1S/C12H17ClN2O3S2/c1-12(2,18-3)7-15-20(16,17)10-5-4-8(11(14)19)6-9(10)13/h4-6,15H,7H2,1-3H3,(H2,14,19). The fourth-order valence-electron chi connectivity index (χ4n) is 1.29. The van der Waals surface area contributed by atoms with Crippen LogP contribution in [0.1, 0.15) is 19.4 Å². The lowest BCUT2D eigenvalue weighted by molar-refractivity contribution is 0.0276. The third kappa shape index (κ3) is 4.39. The molecule has 0 bridgehead atoms. The Morgan fingerprint density at radius 1 is 1.50 bits per heavy atom. The van der Waals surface area contributed by atoms with Gasteiger partial charge >= 0.3 is 0 Å². The van der Waals surface area contributed by atoms with E-state index in [-0.39, 0.29) is 21.5 Å². The summed E-state index contributed by atoms with van der Waals surface area (Å²) in [5, 5.41) is 0.0676. The second-order valence-corrected chi connectivity index (χ2v) is 7.38. The minimum absolute atomic E-state index is 0.0222. The fraction of sp³-hybridized carbons (Fsp3) is 0.417. The molecule has 0 unspecified atom stereocenters. The molecule has 20 heavy (non-hydrogen) atoms. The Balaban J connectivity index is 3.02. The maximum Gasteiger partial charge on any atom is 0.242 e. The minimum Gasteiger partial charge on any atom is -0.389 e. The van der Waals surface area contributed by atoms with Gasteiger partial charge in [0.15, 0.2) is 0 Å². The maximum atomic E-state index is 12.2. The van der Waals surface area contributed by atoms with Crippen LogP contribution in [0.5, 0.6) is 0 Å². The number of benzene rings is 1. The second kappa shape index (κ2) is 6.36. The van der Waals surface area contributed by atoms with Gasteiger partial charge in [-0.1, -0.05) is 29.9 Å². The molecular formula is C12H17ClN2O3S2. The van der Waals surface area contributed by atoms with Crippen molar-refractivity contribution in [3.05, 3.63) is 28.8 Å². The third-order valence-electron chi connectivity index (χ3n) is 2.75. The lowest BCUT2D eigenvalue weighted by Crippen LogP contribution is -2.39. The summed E-state index contributed by atoms with van der Waals surface area (Å²) in [6.45, 7) is 3.67. The first kappa shape index (κ1) is 17.3. The molecular weight excluding hydrogens is 320 g/mol. The van der Waals surface area contributed by atoms with Gasteiger partial charge in [0.1, 0.15) is 9.88 Å². The Hall–Kier alpha value is -0.730. The molecule has 1 aromatic carbocycles. The Morgan fingerprint density at radius 2 is 2.10 bits per heavy atom. The number of hydrogen-bond acceptors (Lipinski definition) is 4. The number of nitrogens with one attached hydrogen (secondary N) is 1. The summed E-state index contributed by atoms with van der Waals surface area (Å²) >= 11 is 10.8. The number of thiocarbonyl (C=S) groups is 1. The molecule has 0 aliphatic rings. The first-order valence-corrected chi connectivity index (χ1v) is 8.00. The summed E-state index contributed by atoms with van der Waals surface area (Å²) in [5.74, 6) is 0. The van der Waals surface area contributed by atoms with Crippen molar-refractivity contribution in [1.82, 2.24) is 4.72 Å². The number of sulfonamides is 1. The van der Waals surface area contributed by atoms with Crippen LogP contribution in [0.3, 0.4) is 0 Å². The van der Waals surface area contributed by atoms with Gasteiger partial charge in [0.25, 0.3) is 0 Å². The first-order valence-electron chi connectivity index (χ1n) is 5.73. The highest BCUT2D eigenvalue weighted by molar-refractivity contribution is 7.89. The molecule has 0 aromatic heterocycles. The highest BCUT2D eigenvalue weighted by Crippen LogP contribution is 2.23. The van der Waals surface area contributed by atoms with Crippen LogP contribution in [-0.2, 0) is 14.8 Å². The van der Waals surface area contributed by atoms with E-state index in [1.54, 1.807) is 13.8 Å². The molecule has 0 amide bonds. The van der Waals surface area contributed by atoms with Crippen LogP contribution >= 0.6 is 23.8 Å². The molecule has 1 rings (SSSR count). The van der Waals surface area contributed by atoms with Gasteiger partial charge in [0.05, 0.1) is 10.6 Å². The molecule has 3 N–H and O–H groups in total. The van der Waals surface area contributed by atoms with Crippen LogP contribution in [-0.4, -0.2) is 32.7 Å². The normalized spacial score (nSPS) is 12.4. The summed E-state index contributed by atoms with van der Waals surface area (Å²) in [5.41, 5.74) is 5.37. The average Bonchev–Trinajstić information content (AvgIpc) is 2.36. The average molecular weight is 337 g/mol. The zero-order chi connectivity index (χ0) is 15.6. The lowest BCUT2D eigenvalue weighted by atomic mass is 10.1. The molecule has 0 saturated carbocycles. The topological polar surface area (TPSA) is 81.4 Å². The Kier molecular flexibility index (Phi) is 5.51. The number of ether oxygens (including phenoxy) is 1. The molecule has 0 fully saturated rings. The van der Waals surface area contributed by atoms with Crippen LogP contribution in [0.25, 0.3) is 0 Å². The number of halogens is 1. The minimum atomic E-state index is -3.72. The van der Waals surface area contributed by atoms with E-state index in [9.17, 15) is 8.42 Å². The molecule has 5 nitrogen and oxygen atoms in total. The van der Waals surface area contributed by atoms with Gasteiger partial charge in [-0.2, -0.15) is 0 Å². The monoisotopic (exact) mass is 336 g/mol. The van der Waals surface area contributed by atoms with Gasteiger partial charge in [-0.05, 0) is 26.0 Å². The van der Waals surface area contributed by atoms with Crippen molar-refractivity contribution in [2.24, 2.45) is 5.73 Å². The summed E-state index contributed by atoms with van der Waals surface area (Å²) in [6, 6.07) is 4.32. The van der Waals surface area contributed by atoms with E-state index >= 15 is 0 Å². The SMILES string of the molecule is COC(C)(C)CNS(=O)(=O)c1ccc(C(N)=S)cc1Cl. The zero-order valence-electron chi connectivity index (χ0n) is 11.4. The van der Waals surface area contributed by atoms with Crippen molar-refractivity contribution in [3.63, 3.8) is 0 Å². The third-order valence-corrected chi connectivity index (χ3v) is 4.87. The highest BCUT2D eigenvalue weighted by atomic mass is 35.5. The molecule has 0 atom stereocenters. The molecule has 8 heteroatoms. The van der Waals surface area contributed by atoms with Gasteiger partial charge < -0.3 is 10.5 Å². The first-order chi connectivity index (χ1) is 9.09. The van der Waals surface area contributed by atoms with Gasteiger partial charge in [0.2, 0.25) is 10.0 Å². The van der Waals surface area contributed by atoms with Crippen LogP contribution < -0.4 is 10.5 Å². The van der Waals surface area contributed by atoms with Crippen molar-refractivity contribution in [2.45, 2.75) is 24.3 Å². The zero-order valence-corrected chi connectivity index (χ0v) is 13.8. The Bertz CT molecular complexity index is 615. The molecule has 0 radical (unpaired) electrons. The van der Waals surface area contributed by atoms with Gasteiger partial charge in [-0.25, -0.2) is 13.1 Å². The predicted octanol–water partition coefficient (Wildman–Crippen LogP) is 1.68. The summed E-state index contributed by atoms with van der Waals surface area (Å²) in [4.78, 5) is 0.135. The lowest BCUT2D eigenvalue weighted by Gasteiger charge is -2.23. The van der Waals surface area contributed by atoms with E-state index in [1.165, 1.54) is 25.3 Å². The van der Waals surface area contributed by atoms with Crippen LogP contribution in [0, 0.1) is 0 Å². The summed E-state index contributed by atoms with van der Waals surface area (Å²) < 4.78 is 32.0. The number of rotatable bonds is 6. The van der Waals surface area contributed by atoms with Crippen molar-refractivity contribution in [3.8, 4) is 0 Å². The van der Waals surface area contributed by atoms with E-state index in [2.05, 4.69) is 4.72 Å². The van der Waals surface area contributed by atoms with E-state index in [0.717, 1.165) is 0 Å². The molecule has 0 spiro atoms. The molecule has 0 aliphatic carbocycles. The van der Waals surface area contributed by atoms with Crippen molar-refractivity contribution >= 4 is 38.8 Å². The predicted molar refractivity (Wildman–Crippen MR) is 83.6 cm³/mol. The quantitative estimate of drug-likeness (QED) is 0.772. The molecule has 112 valence electrons. The largest absolute Gasteiger partial charge is 0.389 e. The number of hydrogen-bond donors (Lipinski definition) is 2. The van der Waals surface area contributed by atoms with Gasteiger partial charge in [-0.15, -0.1) is 0 Å². The van der Waals surface area contributed by atoms with E-state index in [1.807, 2.05) is 0 Å². The van der Waals surface area contributed by atoms with Crippen LogP contribution in [0.15, 0.2) is 23.1 Å². The molecule has 0 saturated heterocycles. The molecule has 0 aliphatic heterocycles. The fourth-order valence-corrected chi connectivity index (χ4v) is 3.16. The van der Waals surface area contributed by atoms with Gasteiger partial charge in [-0.3, -0.25) is 0 Å². The van der Waals surface area contributed by atoms with Crippen LogP contribution in [0.2, 0.25) is 5.02 Å². The van der Waals surface area contributed by atoms with Crippen molar-refractivity contribution in [2.75, 3.05) is 13.7 Å². The van der Waals surface area contributed by atoms with E-state index in [4.69, 9.17) is 34.3 Å². The second-order valence-electron chi connectivity index (χ2n) is 4.80. The van der Waals surface area contributed by atoms with Crippen molar-refractivity contribution in [1.29, 1.82) is 0 Å². The Morgan fingerprint density at radius 3 is 2.55 bits per heavy atom. The number of nitrogens with two attached hydrogens (primary N) is 1.